The number of carbonyl (C=O) groups excluding carboxylic acids is 1. The molecule has 2 bridgehead atoms. The molecule has 14 heavy (non-hydrogen) atoms. The first-order chi connectivity index (χ1) is 6.84. The molecule has 2 atom stereocenters. The minimum absolute atomic E-state index is 0.0235. The average Bonchev–Trinajstić information content (AvgIpc) is 2.59. The number of rotatable bonds is 0. The quantitative estimate of drug-likeness (QED) is 0.557. The molecular weight excluding hydrogens is 176 g/mol. The maximum atomic E-state index is 11.3. The molecule has 0 aromatic heterocycles. The maximum absolute atomic E-state index is 11.3. The Bertz CT molecular complexity index is 200. The summed E-state index contributed by atoms with van der Waals surface area (Å²) in [5.41, 5.74) is 0. The lowest BCUT2D eigenvalue weighted by Gasteiger charge is -2.10. The van der Waals surface area contributed by atoms with Gasteiger partial charge in [0.05, 0.1) is 6.61 Å². The summed E-state index contributed by atoms with van der Waals surface area (Å²) in [6.45, 7) is 0.690. The summed E-state index contributed by atoms with van der Waals surface area (Å²) >= 11 is 0. The summed E-state index contributed by atoms with van der Waals surface area (Å²) in [6, 6.07) is 0. The zero-order chi connectivity index (χ0) is 9.80. The Hall–Kier alpha value is -0.530. The van der Waals surface area contributed by atoms with E-state index in [0.717, 1.165) is 12.3 Å². The molecule has 2 fully saturated rings. The SMILES string of the molecule is O=C1CCCCCC2CCC(CO1)C2. The second kappa shape index (κ2) is 4.81. The fourth-order valence-corrected chi connectivity index (χ4v) is 2.75. The van der Waals surface area contributed by atoms with Crippen LogP contribution in [0, 0.1) is 11.8 Å². The van der Waals surface area contributed by atoms with E-state index in [4.69, 9.17) is 4.74 Å². The normalized spacial score (nSPS) is 34.7. The van der Waals surface area contributed by atoms with Crippen LogP contribution in [-0.2, 0) is 9.53 Å². The van der Waals surface area contributed by atoms with Crippen LogP contribution in [0.25, 0.3) is 0 Å². The summed E-state index contributed by atoms with van der Waals surface area (Å²) in [4.78, 5) is 11.3. The van der Waals surface area contributed by atoms with Crippen molar-refractivity contribution in [2.45, 2.75) is 51.4 Å². The van der Waals surface area contributed by atoms with E-state index in [0.29, 0.717) is 18.9 Å². The van der Waals surface area contributed by atoms with Crippen molar-refractivity contribution in [2.24, 2.45) is 11.8 Å². The third kappa shape index (κ3) is 2.73. The smallest absolute Gasteiger partial charge is 0.305 e. The first kappa shape index (κ1) is 10.0. The lowest BCUT2D eigenvalue weighted by Crippen LogP contribution is -2.11. The minimum atomic E-state index is 0.0235. The molecular formula is C12H20O2. The van der Waals surface area contributed by atoms with Crippen molar-refractivity contribution in [2.75, 3.05) is 6.61 Å². The highest BCUT2D eigenvalue weighted by Gasteiger charge is 2.25. The zero-order valence-electron chi connectivity index (χ0n) is 8.84. The Morgan fingerprint density at radius 1 is 1.00 bits per heavy atom. The summed E-state index contributed by atoms with van der Waals surface area (Å²) in [5.74, 6) is 1.62. The molecule has 2 nitrogen and oxygen atoms in total. The number of fused-ring (bicyclic) bond motifs is 2. The van der Waals surface area contributed by atoms with Crippen LogP contribution in [0.15, 0.2) is 0 Å². The zero-order valence-corrected chi connectivity index (χ0v) is 8.84. The summed E-state index contributed by atoms with van der Waals surface area (Å²) in [7, 11) is 0. The van der Waals surface area contributed by atoms with E-state index in [9.17, 15) is 4.79 Å². The summed E-state index contributed by atoms with van der Waals surface area (Å²) < 4.78 is 5.27. The van der Waals surface area contributed by atoms with Gasteiger partial charge in [-0.15, -0.1) is 0 Å². The third-order valence-corrected chi connectivity index (χ3v) is 3.62. The molecule has 1 saturated carbocycles. The highest BCUT2D eigenvalue weighted by atomic mass is 16.5. The van der Waals surface area contributed by atoms with Crippen molar-refractivity contribution in [1.82, 2.24) is 0 Å². The number of hydrogen-bond acceptors (Lipinski definition) is 2. The number of hydrogen-bond donors (Lipinski definition) is 0. The van der Waals surface area contributed by atoms with Gasteiger partial charge >= 0.3 is 5.97 Å². The van der Waals surface area contributed by atoms with E-state index >= 15 is 0 Å². The third-order valence-electron chi connectivity index (χ3n) is 3.62. The molecule has 0 amide bonds. The molecule has 2 aliphatic rings. The molecule has 1 aliphatic carbocycles. The van der Waals surface area contributed by atoms with Gasteiger partial charge in [0.2, 0.25) is 0 Å². The van der Waals surface area contributed by atoms with E-state index in [-0.39, 0.29) is 5.97 Å². The van der Waals surface area contributed by atoms with Crippen molar-refractivity contribution in [3.63, 3.8) is 0 Å². The largest absolute Gasteiger partial charge is 0.465 e. The van der Waals surface area contributed by atoms with Crippen LogP contribution in [0.4, 0.5) is 0 Å². The Balaban J connectivity index is 1.86. The van der Waals surface area contributed by atoms with Crippen LogP contribution in [0.3, 0.4) is 0 Å². The molecule has 80 valence electrons. The van der Waals surface area contributed by atoms with Crippen molar-refractivity contribution in [1.29, 1.82) is 0 Å². The van der Waals surface area contributed by atoms with E-state index in [1.54, 1.807) is 0 Å². The van der Waals surface area contributed by atoms with Gasteiger partial charge in [-0.25, -0.2) is 0 Å². The summed E-state index contributed by atoms with van der Waals surface area (Å²) in [5, 5.41) is 0. The lowest BCUT2D eigenvalue weighted by molar-refractivity contribution is -0.145. The molecule has 0 spiro atoms. The average molecular weight is 196 g/mol. The molecule has 2 rings (SSSR count). The molecule has 1 saturated heterocycles. The number of carbonyl (C=O) groups is 1. The van der Waals surface area contributed by atoms with Gasteiger partial charge in [-0.05, 0) is 31.1 Å². The van der Waals surface area contributed by atoms with Crippen molar-refractivity contribution < 1.29 is 9.53 Å². The molecule has 0 N–H and O–H groups in total. The Labute approximate surface area is 86.0 Å². The maximum Gasteiger partial charge on any atom is 0.305 e. The van der Waals surface area contributed by atoms with Crippen molar-refractivity contribution in [3.8, 4) is 0 Å². The first-order valence-electron chi connectivity index (χ1n) is 6.00. The molecule has 0 aromatic carbocycles. The number of cyclic esters (lactones) is 1. The second-order valence-electron chi connectivity index (χ2n) is 4.83. The van der Waals surface area contributed by atoms with Crippen molar-refractivity contribution >= 4 is 5.97 Å². The summed E-state index contributed by atoms with van der Waals surface area (Å²) in [6.07, 6.45) is 9.49. The molecule has 2 unspecified atom stereocenters. The second-order valence-corrected chi connectivity index (χ2v) is 4.83. The molecule has 2 heteroatoms. The number of esters is 1. The molecule has 1 aliphatic heterocycles. The van der Waals surface area contributed by atoms with Crippen LogP contribution >= 0.6 is 0 Å². The Morgan fingerprint density at radius 3 is 2.79 bits per heavy atom. The monoisotopic (exact) mass is 196 g/mol. The van der Waals surface area contributed by atoms with Crippen LogP contribution in [0.2, 0.25) is 0 Å². The molecule has 0 aromatic rings. The van der Waals surface area contributed by atoms with Crippen LogP contribution in [-0.4, -0.2) is 12.6 Å². The predicted molar refractivity (Wildman–Crippen MR) is 54.9 cm³/mol. The molecule has 0 radical (unpaired) electrons. The predicted octanol–water partition coefficient (Wildman–Crippen LogP) is 2.91. The Kier molecular flexibility index (Phi) is 3.44. The van der Waals surface area contributed by atoms with Crippen LogP contribution < -0.4 is 0 Å². The standard InChI is InChI=1S/C12H20O2/c13-12-5-3-1-2-4-10-6-7-11(8-10)9-14-12/h10-11H,1-9H2. The van der Waals surface area contributed by atoms with Crippen LogP contribution in [0.5, 0.6) is 0 Å². The van der Waals surface area contributed by atoms with Gasteiger partial charge in [0.1, 0.15) is 0 Å². The van der Waals surface area contributed by atoms with E-state index < -0.39 is 0 Å². The van der Waals surface area contributed by atoms with Gasteiger partial charge in [0.15, 0.2) is 0 Å². The highest BCUT2D eigenvalue weighted by molar-refractivity contribution is 5.69. The first-order valence-corrected chi connectivity index (χ1v) is 6.00. The minimum Gasteiger partial charge on any atom is -0.465 e. The van der Waals surface area contributed by atoms with Crippen molar-refractivity contribution in [3.05, 3.63) is 0 Å². The topological polar surface area (TPSA) is 26.3 Å². The van der Waals surface area contributed by atoms with Gasteiger partial charge in [-0.1, -0.05) is 25.7 Å². The van der Waals surface area contributed by atoms with Gasteiger partial charge < -0.3 is 4.74 Å². The van der Waals surface area contributed by atoms with Gasteiger partial charge in [-0.2, -0.15) is 0 Å². The fourth-order valence-electron chi connectivity index (χ4n) is 2.75. The van der Waals surface area contributed by atoms with E-state index in [1.165, 1.54) is 38.5 Å². The van der Waals surface area contributed by atoms with Crippen LogP contribution in [0.1, 0.15) is 51.4 Å². The van der Waals surface area contributed by atoms with E-state index in [2.05, 4.69) is 0 Å². The Morgan fingerprint density at radius 2 is 1.86 bits per heavy atom. The van der Waals surface area contributed by atoms with Gasteiger partial charge in [-0.3, -0.25) is 4.79 Å². The molecule has 1 heterocycles. The number of ether oxygens (including phenoxy) is 1. The van der Waals surface area contributed by atoms with Gasteiger partial charge in [0, 0.05) is 6.42 Å². The fraction of sp³-hybridized carbons (Fsp3) is 0.917. The highest BCUT2D eigenvalue weighted by Crippen LogP contribution is 2.34. The van der Waals surface area contributed by atoms with Gasteiger partial charge in [0.25, 0.3) is 0 Å². The lowest BCUT2D eigenvalue weighted by atomic mass is 9.98. The van der Waals surface area contributed by atoms with E-state index in [1.807, 2.05) is 0 Å².